The van der Waals surface area contributed by atoms with Crippen LogP contribution >= 0.6 is 11.8 Å². The number of thioether (sulfide) groups is 1. The summed E-state index contributed by atoms with van der Waals surface area (Å²) in [7, 11) is 0. The Kier molecular flexibility index (Phi) is 6.22. The number of piperazine rings is 1. The number of hydrogen-bond donors (Lipinski definition) is 0. The van der Waals surface area contributed by atoms with E-state index in [0.717, 1.165) is 12.1 Å². The average Bonchev–Trinajstić information content (AvgIpc) is 3.34. The lowest BCUT2D eigenvalue weighted by Crippen LogP contribution is -2.50. The van der Waals surface area contributed by atoms with Crippen LogP contribution in [0.4, 0.5) is 8.78 Å². The smallest absolute Gasteiger partial charge is 0.258 e. The second-order valence-corrected chi connectivity index (χ2v) is 8.00. The zero-order valence-electron chi connectivity index (χ0n) is 17.5. The van der Waals surface area contributed by atoms with Crippen molar-refractivity contribution in [1.82, 2.24) is 19.8 Å². The molecule has 10 heteroatoms. The van der Waals surface area contributed by atoms with Crippen LogP contribution in [0.1, 0.15) is 26.4 Å². The summed E-state index contributed by atoms with van der Waals surface area (Å²) in [6.45, 7) is 2.93. The zero-order chi connectivity index (χ0) is 22.8. The maximum Gasteiger partial charge on any atom is 0.258 e. The Labute approximate surface area is 187 Å². The summed E-state index contributed by atoms with van der Waals surface area (Å²) in [5, 5.41) is 0.550. The van der Waals surface area contributed by atoms with Crippen molar-refractivity contribution in [1.29, 1.82) is 0 Å². The predicted molar refractivity (Wildman–Crippen MR) is 114 cm³/mol. The topological polar surface area (TPSA) is 79.5 Å². The van der Waals surface area contributed by atoms with E-state index in [1.54, 1.807) is 24.0 Å². The fraction of sp³-hybridized carbons (Fsp3) is 0.273. The zero-order valence-corrected chi connectivity index (χ0v) is 18.3. The number of hydrogen-bond acceptors (Lipinski definition) is 6. The molecule has 0 atom stereocenters. The van der Waals surface area contributed by atoms with Gasteiger partial charge in [0.25, 0.3) is 11.8 Å². The van der Waals surface area contributed by atoms with E-state index in [1.165, 1.54) is 29.0 Å². The molecule has 4 rings (SSSR count). The Balaban J connectivity index is 1.48. The van der Waals surface area contributed by atoms with Crippen molar-refractivity contribution in [2.75, 3.05) is 32.4 Å². The molecule has 7 nitrogen and oxygen atoms in total. The molecule has 166 valence electrons. The molecule has 0 bridgehead atoms. The molecule has 1 fully saturated rings. The Bertz CT molecular complexity index is 1160. The van der Waals surface area contributed by atoms with Crippen molar-refractivity contribution in [3.05, 3.63) is 65.1 Å². The quantitative estimate of drug-likeness (QED) is 0.439. The van der Waals surface area contributed by atoms with Gasteiger partial charge in [0.05, 0.1) is 17.5 Å². The molecule has 0 unspecified atom stereocenters. The molecule has 32 heavy (non-hydrogen) atoms. The number of halogens is 2. The second-order valence-electron chi connectivity index (χ2n) is 7.21. The third-order valence-electron chi connectivity index (χ3n) is 5.23. The Morgan fingerprint density at radius 2 is 1.69 bits per heavy atom. The molecule has 1 aliphatic rings. The molecular weight excluding hydrogens is 438 g/mol. The van der Waals surface area contributed by atoms with E-state index in [-0.39, 0.29) is 24.6 Å². The third-order valence-corrected chi connectivity index (χ3v) is 5.91. The van der Waals surface area contributed by atoms with E-state index >= 15 is 0 Å². The third kappa shape index (κ3) is 4.22. The summed E-state index contributed by atoms with van der Waals surface area (Å²) in [4.78, 5) is 38.0. The van der Waals surface area contributed by atoms with Gasteiger partial charge in [-0.3, -0.25) is 9.59 Å². The average molecular weight is 458 g/mol. The minimum absolute atomic E-state index is 0.0751. The van der Waals surface area contributed by atoms with Gasteiger partial charge < -0.3 is 14.2 Å². The maximum atomic E-state index is 13.5. The van der Waals surface area contributed by atoms with Crippen LogP contribution in [0.2, 0.25) is 0 Å². The van der Waals surface area contributed by atoms with E-state index in [2.05, 4.69) is 9.97 Å². The standard InChI is InChI=1S/C22H20F2N4O3S/c1-13-18(20(32-2)26-19(25-13)17-4-3-11-31-17)22(30)28-9-7-27(8-10-28)21(29)14-5-6-15(23)16(24)12-14/h3-6,11-12H,7-10H2,1-2H3. The fourth-order valence-corrected chi connectivity index (χ4v) is 4.16. The normalized spacial score (nSPS) is 14.0. The van der Waals surface area contributed by atoms with Gasteiger partial charge in [-0.2, -0.15) is 0 Å². The minimum Gasteiger partial charge on any atom is -0.461 e. The number of amides is 2. The summed E-state index contributed by atoms with van der Waals surface area (Å²) in [6, 6.07) is 6.57. The van der Waals surface area contributed by atoms with Crippen molar-refractivity contribution >= 4 is 23.6 Å². The molecule has 3 aromatic rings. The first-order valence-electron chi connectivity index (χ1n) is 9.89. The van der Waals surface area contributed by atoms with Crippen LogP contribution in [0.25, 0.3) is 11.6 Å². The maximum absolute atomic E-state index is 13.5. The van der Waals surface area contributed by atoms with Gasteiger partial charge in [0.2, 0.25) is 0 Å². The lowest BCUT2D eigenvalue weighted by molar-refractivity contribution is 0.0532. The van der Waals surface area contributed by atoms with Gasteiger partial charge >= 0.3 is 0 Å². The van der Waals surface area contributed by atoms with Crippen LogP contribution in [0, 0.1) is 18.6 Å². The first-order chi connectivity index (χ1) is 15.4. The molecule has 1 aliphatic heterocycles. The summed E-state index contributed by atoms with van der Waals surface area (Å²) >= 11 is 1.35. The monoisotopic (exact) mass is 458 g/mol. The molecule has 2 amide bonds. The van der Waals surface area contributed by atoms with Gasteiger partial charge in [0.1, 0.15) is 5.03 Å². The van der Waals surface area contributed by atoms with Gasteiger partial charge in [0, 0.05) is 31.7 Å². The predicted octanol–water partition coefficient (Wildman–Crippen LogP) is 3.64. The highest BCUT2D eigenvalue weighted by molar-refractivity contribution is 7.98. The number of rotatable bonds is 4. The number of carbonyl (C=O) groups is 2. The van der Waals surface area contributed by atoms with Crippen molar-refractivity contribution < 1.29 is 22.8 Å². The van der Waals surface area contributed by atoms with Crippen molar-refractivity contribution in [3.8, 4) is 11.6 Å². The number of aromatic nitrogens is 2. The van der Waals surface area contributed by atoms with Gasteiger partial charge in [-0.1, -0.05) is 0 Å². The number of nitrogens with zero attached hydrogens (tertiary/aromatic N) is 4. The minimum atomic E-state index is -1.07. The van der Waals surface area contributed by atoms with E-state index < -0.39 is 17.5 Å². The van der Waals surface area contributed by atoms with Crippen LogP contribution in [0.5, 0.6) is 0 Å². The van der Waals surface area contributed by atoms with E-state index in [4.69, 9.17) is 4.42 Å². The summed E-state index contributed by atoms with van der Waals surface area (Å²) in [5.74, 6) is -1.75. The molecule has 2 aromatic heterocycles. The summed E-state index contributed by atoms with van der Waals surface area (Å²) in [6.07, 6.45) is 3.37. The highest BCUT2D eigenvalue weighted by atomic mass is 32.2. The number of benzene rings is 1. The Hall–Kier alpha value is -3.27. The van der Waals surface area contributed by atoms with Gasteiger partial charge in [-0.25, -0.2) is 18.7 Å². The Morgan fingerprint density at radius 3 is 2.28 bits per heavy atom. The van der Waals surface area contributed by atoms with Crippen LogP contribution in [-0.2, 0) is 0 Å². The summed E-state index contributed by atoms with van der Waals surface area (Å²) in [5.41, 5.74) is 1.04. The molecule has 0 aliphatic carbocycles. The van der Waals surface area contributed by atoms with Crippen molar-refractivity contribution in [2.45, 2.75) is 11.9 Å². The molecule has 3 heterocycles. The van der Waals surface area contributed by atoms with Crippen LogP contribution in [-0.4, -0.2) is 64.0 Å². The molecule has 0 spiro atoms. The molecule has 1 aromatic carbocycles. The molecule has 0 radical (unpaired) electrons. The van der Waals surface area contributed by atoms with Crippen LogP contribution in [0.3, 0.4) is 0 Å². The SMILES string of the molecule is CSc1nc(-c2ccco2)nc(C)c1C(=O)N1CCN(C(=O)c2ccc(F)c(F)c2)CC1. The van der Waals surface area contributed by atoms with E-state index in [9.17, 15) is 18.4 Å². The number of aryl methyl sites for hydroxylation is 1. The van der Waals surface area contributed by atoms with Crippen LogP contribution < -0.4 is 0 Å². The molecule has 0 N–H and O–H groups in total. The number of furan rings is 1. The van der Waals surface area contributed by atoms with Crippen molar-refractivity contribution in [3.63, 3.8) is 0 Å². The second kappa shape index (κ2) is 9.07. The van der Waals surface area contributed by atoms with Crippen molar-refractivity contribution in [2.24, 2.45) is 0 Å². The highest BCUT2D eigenvalue weighted by Gasteiger charge is 2.29. The van der Waals surface area contributed by atoms with Gasteiger partial charge in [0.15, 0.2) is 23.2 Å². The van der Waals surface area contributed by atoms with E-state index in [0.29, 0.717) is 41.0 Å². The Morgan fingerprint density at radius 1 is 1.00 bits per heavy atom. The van der Waals surface area contributed by atoms with Crippen LogP contribution in [0.15, 0.2) is 46.0 Å². The van der Waals surface area contributed by atoms with Gasteiger partial charge in [-0.05, 0) is 43.5 Å². The fourth-order valence-electron chi connectivity index (χ4n) is 3.54. The lowest BCUT2D eigenvalue weighted by Gasteiger charge is -2.35. The van der Waals surface area contributed by atoms with Gasteiger partial charge in [-0.15, -0.1) is 11.8 Å². The highest BCUT2D eigenvalue weighted by Crippen LogP contribution is 2.26. The van der Waals surface area contributed by atoms with E-state index in [1.807, 2.05) is 6.26 Å². The molecule has 1 saturated heterocycles. The number of carbonyl (C=O) groups excluding carboxylic acids is 2. The first kappa shape index (κ1) is 21.9. The largest absolute Gasteiger partial charge is 0.461 e. The molecule has 0 saturated carbocycles. The molecular formula is C22H20F2N4O3S. The first-order valence-corrected chi connectivity index (χ1v) is 11.1. The lowest BCUT2D eigenvalue weighted by atomic mass is 10.1. The summed E-state index contributed by atoms with van der Waals surface area (Å²) < 4.78 is 32.0.